The average molecular weight is 415 g/mol. The summed E-state index contributed by atoms with van der Waals surface area (Å²) in [6.45, 7) is 0.0950. The van der Waals surface area contributed by atoms with Gasteiger partial charge >= 0.3 is 5.97 Å². The first-order valence-corrected chi connectivity index (χ1v) is 10.5. The summed E-state index contributed by atoms with van der Waals surface area (Å²) in [6, 6.07) is 15.1. The Kier molecular flexibility index (Phi) is 6.28. The molecule has 152 valence electrons. The summed E-state index contributed by atoms with van der Waals surface area (Å²) in [5.74, 6) is -0.514. The SMILES string of the molecule is COC(=O)CC(NC(=O)CCN=C1NS(=O)(=O)c2ccccc21)c1ccccc1. The number of carbonyl (C=O) groups excluding carboxylic acids is 2. The van der Waals surface area contributed by atoms with Crippen molar-refractivity contribution < 1.29 is 22.7 Å². The number of fused-ring (bicyclic) bond motifs is 1. The maximum Gasteiger partial charge on any atom is 0.307 e. The highest BCUT2D eigenvalue weighted by molar-refractivity contribution is 7.90. The third-order valence-corrected chi connectivity index (χ3v) is 5.80. The van der Waals surface area contributed by atoms with E-state index in [1.165, 1.54) is 13.2 Å². The number of amides is 1. The van der Waals surface area contributed by atoms with Crippen LogP contribution in [0.3, 0.4) is 0 Å². The summed E-state index contributed by atoms with van der Waals surface area (Å²) in [5, 5.41) is 2.81. The molecule has 0 fully saturated rings. The Labute approximate surface area is 169 Å². The average Bonchev–Trinajstić information content (AvgIpc) is 2.98. The lowest BCUT2D eigenvalue weighted by Crippen LogP contribution is -2.31. The number of benzene rings is 2. The molecule has 0 radical (unpaired) electrons. The molecule has 0 saturated heterocycles. The number of aliphatic imine (C=N–C) groups is 1. The fourth-order valence-corrected chi connectivity index (χ4v) is 4.23. The van der Waals surface area contributed by atoms with Crippen LogP contribution in [-0.4, -0.2) is 39.8 Å². The second kappa shape index (κ2) is 8.87. The van der Waals surface area contributed by atoms with Crippen LogP contribution in [0.15, 0.2) is 64.5 Å². The summed E-state index contributed by atoms with van der Waals surface area (Å²) < 4.78 is 31.3. The van der Waals surface area contributed by atoms with Crippen molar-refractivity contribution in [1.82, 2.24) is 10.0 Å². The van der Waals surface area contributed by atoms with E-state index in [-0.39, 0.29) is 36.0 Å². The van der Waals surface area contributed by atoms with E-state index in [4.69, 9.17) is 4.74 Å². The van der Waals surface area contributed by atoms with E-state index in [2.05, 4.69) is 15.0 Å². The van der Waals surface area contributed by atoms with Crippen molar-refractivity contribution in [3.05, 3.63) is 65.7 Å². The van der Waals surface area contributed by atoms with Gasteiger partial charge in [0.1, 0.15) is 5.84 Å². The Morgan fingerprint density at radius 1 is 1.10 bits per heavy atom. The van der Waals surface area contributed by atoms with Crippen molar-refractivity contribution in [2.24, 2.45) is 4.99 Å². The Morgan fingerprint density at radius 2 is 1.79 bits per heavy atom. The molecular formula is C20H21N3O5S. The number of hydrogen-bond acceptors (Lipinski definition) is 6. The standard InChI is InChI=1S/C20H21N3O5S/c1-28-19(25)13-16(14-7-3-2-4-8-14)22-18(24)11-12-21-20-15-9-5-6-10-17(15)29(26,27)23-20/h2-10,16H,11-13H2,1H3,(H,21,23)(H,22,24). The molecular weight excluding hydrogens is 394 g/mol. The number of sulfonamides is 1. The lowest BCUT2D eigenvalue weighted by molar-refractivity contribution is -0.141. The van der Waals surface area contributed by atoms with Crippen molar-refractivity contribution in [2.75, 3.05) is 13.7 Å². The van der Waals surface area contributed by atoms with Gasteiger partial charge in [-0.15, -0.1) is 0 Å². The van der Waals surface area contributed by atoms with Gasteiger partial charge in [-0.05, 0) is 17.7 Å². The number of nitrogens with zero attached hydrogens (tertiary/aromatic N) is 1. The predicted molar refractivity (Wildman–Crippen MR) is 107 cm³/mol. The van der Waals surface area contributed by atoms with Gasteiger partial charge in [0.05, 0.1) is 31.0 Å². The third-order valence-electron chi connectivity index (χ3n) is 4.41. The molecule has 1 amide bonds. The molecule has 0 saturated carbocycles. The van der Waals surface area contributed by atoms with Crippen molar-refractivity contribution in [3.8, 4) is 0 Å². The number of esters is 1. The van der Waals surface area contributed by atoms with E-state index in [0.717, 1.165) is 5.56 Å². The summed E-state index contributed by atoms with van der Waals surface area (Å²) in [4.78, 5) is 28.5. The zero-order chi connectivity index (χ0) is 20.9. The number of rotatable bonds is 7. The molecule has 0 bridgehead atoms. The molecule has 0 aromatic heterocycles. The van der Waals surface area contributed by atoms with Crippen LogP contribution in [0.2, 0.25) is 0 Å². The van der Waals surface area contributed by atoms with Crippen LogP contribution >= 0.6 is 0 Å². The molecule has 29 heavy (non-hydrogen) atoms. The van der Waals surface area contributed by atoms with Crippen LogP contribution in [-0.2, 0) is 24.3 Å². The zero-order valence-electron chi connectivity index (χ0n) is 15.8. The van der Waals surface area contributed by atoms with E-state index in [1.54, 1.807) is 18.2 Å². The molecule has 8 nitrogen and oxygen atoms in total. The summed E-state index contributed by atoms with van der Waals surface area (Å²) >= 11 is 0. The molecule has 1 heterocycles. The van der Waals surface area contributed by atoms with Crippen LogP contribution in [0.4, 0.5) is 0 Å². The van der Waals surface area contributed by atoms with Gasteiger partial charge in [-0.25, -0.2) is 8.42 Å². The van der Waals surface area contributed by atoms with Gasteiger partial charge in [-0.3, -0.25) is 19.3 Å². The minimum absolute atomic E-state index is 0.00788. The maximum atomic E-state index is 12.4. The summed E-state index contributed by atoms with van der Waals surface area (Å²) in [5.41, 5.74) is 1.27. The molecule has 2 aromatic carbocycles. The number of carbonyl (C=O) groups is 2. The van der Waals surface area contributed by atoms with Crippen LogP contribution in [0.25, 0.3) is 0 Å². The van der Waals surface area contributed by atoms with Crippen LogP contribution < -0.4 is 10.0 Å². The number of nitrogens with one attached hydrogen (secondary N) is 2. The van der Waals surface area contributed by atoms with Crippen LogP contribution in [0.5, 0.6) is 0 Å². The Bertz CT molecular complexity index is 1040. The minimum atomic E-state index is -3.61. The van der Waals surface area contributed by atoms with Gasteiger partial charge < -0.3 is 10.1 Å². The smallest absolute Gasteiger partial charge is 0.307 e. The van der Waals surface area contributed by atoms with Crippen molar-refractivity contribution in [2.45, 2.75) is 23.8 Å². The molecule has 9 heteroatoms. The highest BCUT2D eigenvalue weighted by atomic mass is 32.2. The fourth-order valence-electron chi connectivity index (χ4n) is 2.97. The Hall–Kier alpha value is -3.20. The maximum absolute atomic E-state index is 12.4. The quantitative estimate of drug-likeness (QED) is 0.666. The van der Waals surface area contributed by atoms with Crippen molar-refractivity contribution in [3.63, 3.8) is 0 Å². The van der Waals surface area contributed by atoms with Crippen molar-refractivity contribution >= 4 is 27.7 Å². The fraction of sp³-hybridized carbons (Fsp3) is 0.250. The van der Waals surface area contributed by atoms with Gasteiger partial charge in [0, 0.05) is 12.0 Å². The van der Waals surface area contributed by atoms with E-state index in [1.807, 2.05) is 30.3 Å². The molecule has 0 aliphatic carbocycles. The molecule has 3 rings (SSSR count). The monoisotopic (exact) mass is 415 g/mol. The highest BCUT2D eigenvalue weighted by Crippen LogP contribution is 2.22. The molecule has 1 aliphatic heterocycles. The van der Waals surface area contributed by atoms with Crippen molar-refractivity contribution in [1.29, 1.82) is 0 Å². The van der Waals surface area contributed by atoms with Crippen LogP contribution in [0, 0.1) is 0 Å². The number of ether oxygens (including phenoxy) is 1. The number of hydrogen-bond donors (Lipinski definition) is 2. The Morgan fingerprint density at radius 3 is 2.52 bits per heavy atom. The highest BCUT2D eigenvalue weighted by Gasteiger charge is 2.30. The van der Waals surface area contributed by atoms with Gasteiger partial charge in [-0.2, -0.15) is 0 Å². The van der Waals surface area contributed by atoms with Gasteiger partial charge in [-0.1, -0.05) is 42.5 Å². The first kappa shape index (κ1) is 20.5. The summed E-state index contributed by atoms with van der Waals surface area (Å²) in [7, 11) is -2.32. The van der Waals surface area contributed by atoms with E-state index in [0.29, 0.717) is 5.56 Å². The van der Waals surface area contributed by atoms with E-state index < -0.39 is 22.0 Å². The van der Waals surface area contributed by atoms with E-state index >= 15 is 0 Å². The largest absolute Gasteiger partial charge is 0.469 e. The number of amidine groups is 1. The number of methoxy groups -OCH3 is 1. The molecule has 1 unspecified atom stereocenters. The third kappa shape index (κ3) is 5.00. The molecule has 2 N–H and O–H groups in total. The predicted octanol–water partition coefficient (Wildman–Crippen LogP) is 1.54. The molecule has 0 spiro atoms. The lowest BCUT2D eigenvalue weighted by Gasteiger charge is -2.18. The lowest BCUT2D eigenvalue weighted by atomic mass is 10.0. The molecule has 1 atom stereocenters. The Balaban J connectivity index is 1.64. The second-order valence-electron chi connectivity index (χ2n) is 6.39. The van der Waals surface area contributed by atoms with Gasteiger partial charge in [0.2, 0.25) is 5.91 Å². The first-order chi connectivity index (χ1) is 13.9. The topological polar surface area (TPSA) is 114 Å². The second-order valence-corrected chi connectivity index (χ2v) is 8.04. The van der Waals surface area contributed by atoms with Gasteiger partial charge in [0.15, 0.2) is 0 Å². The minimum Gasteiger partial charge on any atom is -0.469 e. The molecule has 2 aromatic rings. The first-order valence-electron chi connectivity index (χ1n) is 8.98. The van der Waals surface area contributed by atoms with Gasteiger partial charge in [0.25, 0.3) is 10.0 Å². The normalized spacial score (nSPS) is 16.5. The zero-order valence-corrected chi connectivity index (χ0v) is 16.6. The van der Waals surface area contributed by atoms with E-state index in [9.17, 15) is 18.0 Å². The molecule has 1 aliphatic rings. The summed E-state index contributed by atoms with van der Waals surface area (Å²) in [6.07, 6.45) is 0.0475. The van der Waals surface area contributed by atoms with Crippen LogP contribution in [0.1, 0.15) is 30.0 Å².